The number of nitrogens with one attached hydrogen (secondary N) is 1. The highest BCUT2D eigenvalue weighted by Crippen LogP contribution is 2.13. The molecule has 74 valence electrons. The number of nitrogens with zero attached hydrogens (tertiary/aromatic N) is 2. The van der Waals surface area contributed by atoms with E-state index in [1.807, 2.05) is 13.8 Å². The van der Waals surface area contributed by atoms with Crippen molar-refractivity contribution in [3.63, 3.8) is 0 Å². The summed E-state index contributed by atoms with van der Waals surface area (Å²) >= 11 is 0. The maximum absolute atomic E-state index is 5.03. The van der Waals surface area contributed by atoms with Gasteiger partial charge in [-0.2, -0.15) is 4.98 Å². The Morgan fingerprint density at radius 1 is 1.38 bits per heavy atom. The molecule has 1 aromatic heterocycles. The summed E-state index contributed by atoms with van der Waals surface area (Å²) in [6, 6.07) is 0.901. The van der Waals surface area contributed by atoms with Crippen LogP contribution in [0.25, 0.3) is 0 Å². The van der Waals surface area contributed by atoms with Crippen LogP contribution in [-0.2, 0) is 0 Å². The van der Waals surface area contributed by atoms with Gasteiger partial charge in [0, 0.05) is 12.0 Å². The van der Waals surface area contributed by atoms with Crippen molar-refractivity contribution in [1.82, 2.24) is 10.1 Å². The summed E-state index contributed by atoms with van der Waals surface area (Å²) in [4.78, 5) is 4.21. The van der Waals surface area contributed by atoms with Crippen LogP contribution in [0.5, 0.6) is 0 Å². The zero-order valence-electron chi connectivity index (χ0n) is 8.66. The molecule has 0 aromatic carbocycles. The van der Waals surface area contributed by atoms with E-state index in [0.717, 1.165) is 12.2 Å². The first-order chi connectivity index (χ1) is 6.13. The fourth-order valence-corrected chi connectivity index (χ4v) is 0.841. The minimum Gasteiger partial charge on any atom is -0.335 e. The SMILES string of the molecule is CCC(C)Nc1nc(C(C)C)no1. The summed E-state index contributed by atoms with van der Waals surface area (Å²) in [6.45, 7) is 8.27. The van der Waals surface area contributed by atoms with Gasteiger partial charge < -0.3 is 9.84 Å². The minimum atomic E-state index is 0.316. The maximum Gasteiger partial charge on any atom is 0.321 e. The van der Waals surface area contributed by atoms with E-state index in [1.165, 1.54) is 0 Å². The summed E-state index contributed by atoms with van der Waals surface area (Å²) in [5.74, 6) is 1.07. The Morgan fingerprint density at radius 2 is 2.08 bits per heavy atom. The molecule has 4 nitrogen and oxygen atoms in total. The Bertz CT molecular complexity index is 257. The smallest absolute Gasteiger partial charge is 0.321 e. The summed E-state index contributed by atoms with van der Waals surface area (Å²) in [5, 5.41) is 6.98. The third kappa shape index (κ3) is 2.72. The summed E-state index contributed by atoms with van der Waals surface area (Å²) < 4.78 is 5.03. The van der Waals surface area contributed by atoms with E-state index in [2.05, 4.69) is 29.3 Å². The molecule has 0 bridgehead atoms. The molecule has 13 heavy (non-hydrogen) atoms. The average Bonchev–Trinajstić information content (AvgIpc) is 2.52. The molecule has 1 heterocycles. The molecule has 1 aromatic rings. The number of rotatable bonds is 4. The van der Waals surface area contributed by atoms with Crippen LogP contribution < -0.4 is 5.32 Å². The van der Waals surface area contributed by atoms with E-state index in [0.29, 0.717) is 18.0 Å². The molecule has 0 saturated carbocycles. The molecule has 0 aliphatic carbocycles. The molecule has 0 amide bonds. The topological polar surface area (TPSA) is 51.0 Å². The molecule has 0 aliphatic rings. The van der Waals surface area contributed by atoms with Gasteiger partial charge in [-0.1, -0.05) is 25.9 Å². The number of hydrogen-bond acceptors (Lipinski definition) is 4. The number of aromatic nitrogens is 2. The average molecular weight is 183 g/mol. The van der Waals surface area contributed by atoms with Gasteiger partial charge in [0.15, 0.2) is 5.82 Å². The zero-order valence-corrected chi connectivity index (χ0v) is 8.66. The Morgan fingerprint density at radius 3 is 2.54 bits per heavy atom. The van der Waals surface area contributed by atoms with Gasteiger partial charge in [0.25, 0.3) is 0 Å². The lowest BCUT2D eigenvalue weighted by molar-refractivity contribution is 0.415. The molecule has 0 aliphatic heterocycles. The van der Waals surface area contributed by atoms with Crippen molar-refractivity contribution < 1.29 is 4.52 Å². The third-order valence-electron chi connectivity index (χ3n) is 1.94. The van der Waals surface area contributed by atoms with Crippen LogP contribution in [0, 0.1) is 0 Å². The molecule has 0 spiro atoms. The Hall–Kier alpha value is -1.06. The lowest BCUT2D eigenvalue weighted by atomic mass is 10.2. The first-order valence-corrected chi connectivity index (χ1v) is 4.73. The molecule has 1 unspecified atom stereocenters. The highest BCUT2D eigenvalue weighted by Gasteiger charge is 2.10. The summed E-state index contributed by atoms with van der Waals surface area (Å²) in [7, 11) is 0. The highest BCUT2D eigenvalue weighted by atomic mass is 16.5. The predicted molar refractivity (Wildman–Crippen MR) is 51.8 cm³/mol. The van der Waals surface area contributed by atoms with Crippen LogP contribution in [0.4, 0.5) is 6.01 Å². The van der Waals surface area contributed by atoms with Crippen LogP contribution in [0.3, 0.4) is 0 Å². The first-order valence-electron chi connectivity index (χ1n) is 4.73. The molecule has 0 radical (unpaired) electrons. The van der Waals surface area contributed by atoms with Gasteiger partial charge in [0.1, 0.15) is 0 Å². The second kappa shape index (κ2) is 4.25. The molecule has 1 N–H and O–H groups in total. The van der Waals surface area contributed by atoms with Crippen molar-refractivity contribution in [3.8, 4) is 0 Å². The second-order valence-electron chi connectivity index (χ2n) is 3.57. The molecular formula is C9H17N3O. The van der Waals surface area contributed by atoms with Crippen LogP contribution >= 0.6 is 0 Å². The van der Waals surface area contributed by atoms with E-state index in [-0.39, 0.29) is 0 Å². The van der Waals surface area contributed by atoms with Crippen molar-refractivity contribution in [2.75, 3.05) is 5.32 Å². The fourth-order valence-electron chi connectivity index (χ4n) is 0.841. The monoisotopic (exact) mass is 183 g/mol. The van der Waals surface area contributed by atoms with Crippen molar-refractivity contribution in [2.45, 2.75) is 46.1 Å². The van der Waals surface area contributed by atoms with Crippen LogP contribution in [-0.4, -0.2) is 16.2 Å². The molecule has 4 heteroatoms. The number of hydrogen-bond donors (Lipinski definition) is 1. The van der Waals surface area contributed by atoms with Crippen molar-refractivity contribution >= 4 is 6.01 Å². The predicted octanol–water partition coefficient (Wildman–Crippen LogP) is 2.40. The number of anilines is 1. The van der Waals surface area contributed by atoms with Crippen LogP contribution in [0.15, 0.2) is 4.52 Å². The van der Waals surface area contributed by atoms with E-state index in [9.17, 15) is 0 Å². The van der Waals surface area contributed by atoms with Gasteiger partial charge in [-0.05, 0) is 13.3 Å². The fraction of sp³-hybridized carbons (Fsp3) is 0.778. The van der Waals surface area contributed by atoms with Crippen molar-refractivity contribution in [2.24, 2.45) is 0 Å². The van der Waals surface area contributed by atoms with Crippen molar-refractivity contribution in [1.29, 1.82) is 0 Å². The van der Waals surface area contributed by atoms with Gasteiger partial charge >= 0.3 is 6.01 Å². The lowest BCUT2D eigenvalue weighted by Gasteiger charge is -2.06. The minimum absolute atomic E-state index is 0.316. The second-order valence-corrected chi connectivity index (χ2v) is 3.57. The van der Waals surface area contributed by atoms with Gasteiger partial charge in [0.2, 0.25) is 0 Å². The van der Waals surface area contributed by atoms with Crippen LogP contribution in [0.2, 0.25) is 0 Å². The zero-order chi connectivity index (χ0) is 9.84. The normalized spacial score (nSPS) is 13.3. The standard InChI is InChI=1S/C9H17N3O/c1-5-7(4)10-9-11-8(6(2)3)12-13-9/h6-7H,5H2,1-4H3,(H,10,11,12). The Balaban J connectivity index is 2.58. The molecule has 0 saturated heterocycles. The van der Waals surface area contributed by atoms with Gasteiger partial charge in [-0.3, -0.25) is 0 Å². The van der Waals surface area contributed by atoms with E-state index >= 15 is 0 Å². The highest BCUT2D eigenvalue weighted by molar-refractivity contribution is 5.20. The Labute approximate surface area is 78.7 Å². The third-order valence-corrected chi connectivity index (χ3v) is 1.94. The summed E-state index contributed by atoms with van der Waals surface area (Å²) in [6.07, 6.45) is 1.04. The largest absolute Gasteiger partial charge is 0.335 e. The van der Waals surface area contributed by atoms with Gasteiger partial charge in [-0.15, -0.1) is 0 Å². The summed E-state index contributed by atoms with van der Waals surface area (Å²) in [5.41, 5.74) is 0. The molecular weight excluding hydrogens is 166 g/mol. The lowest BCUT2D eigenvalue weighted by Crippen LogP contribution is -2.13. The first kappa shape index (κ1) is 10.0. The van der Waals surface area contributed by atoms with Gasteiger partial charge in [-0.25, -0.2) is 0 Å². The van der Waals surface area contributed by atoms with E-state index in [4.69, 9.17) is 4.52 Å². The molecule has 0 fully saturated rings. The molecule has 1 atom stereocenters. The molecule has 1 rings (SSSR count). The van der Waals surface area contributed by atoms with Crippen molar-refractivity contribution in [3.05, 3.63) is 5.82 Å². The maximum atomic E-state index is 5.03. The van der Waals surface area contributed by atoms with Gasteiger partial charge in [0.05, 0.1) is 0 Å². The Kier molecular flexibility index (Phi) is 3.28. The van der Waals surface area contributed by atoms with E-state index in [1.54, 1.807) is 0 Å². The van der Waals surface area contributed by atoms with Crippen LogP contribution in [0.1, 0.15) is 45.9 Å². The quantitative estimate of drug-likeness (QED) is 0.778. The van der Waals surface area contributed by atoms with E-state index < -0.39 is 0 Å².